The fourth-order valence-corrected chi connectivity index (χ4v) is 6.51. The van der Waals surface area contributed by atoms with Gasteiger partial charge in [0.1, 0.15) is 17.3 Å². The Labute approximate surface area is 242 Å². The van der Waals surface area contributed by atoms with Gasteiger partial charge in [-0.15, -0.1) is 0 Å². The first kappa shape index (κ1) is 28.3. The molecule has 1 unspecified atom stereocenters. The zero-order valence-corrected chi connectivity index (χ0v) is 24.2. The molecule has 2 saturated heterocycles. The van der Waals surface area contributed by atoms with E-state index >= 15 is 0 Å². The normalized spacial score (nSPS) is 18.5. The van der Waals surface area contributed by atoms with Gasteiger partial charge in [-0.25, -0.2) is 15.0 Å². The van der Waals surface area contributed by atoms with Gasteiger partial charge in [0.05, 0.1) is 36.1 Å². The minimum atomic E-state index is -0.758. The summed E-state index contributed by atoms with van der Waals surface area (Å²) >= 11 is 7.89. The van der Waals surface area contributed by atoms with Crippen molar-refractivity contribution >= 4 is 45.8 Å². The standard InChI is InChI=1S/C28H33ClN6O4S/c1-17-5-3-4-10-35(17)16-23-25(19-6-7-22(39-2)20(29)13-19)32-28(40-23)33-26(36)21-14-31-24(15-30-21)34-11-8-18(9-12-34)27(37)38/h6-7,13-15,17-18H,3-5,8-12,16H2,1-2H3,(H,37,38)(H,32,33,36). The molecule has 2 N–H and O–H groups in total. The number of hydrogen-bond donors (Lipinski definition) is 2. The number of aliphatic carboxylic acids is 1. The van der Waals surface area contributed by atoms with Crippen LogP contribution in [-0.2, 0) is 11.3 Å². The molecule has 3 aromatic rings. The van der Waals surface area contributed by atoms with E-state index in [2.05, 4.69) is 27.1 Å². The quantitative estimate of drug-likeness (QED) is 0.368. The number of methoxy groups -OCH3 is 1. The number of carboxylic acid groups (broad SMARTS) is 1. The number of likely N-dealkylation sites (tertiary alicyclic amines) is 1. The van der Waals surface area contributed by atoms with Crippen molar-refractivity contribution in [3.8, 4) is 17.0 Å². The van der Waals surface area contributed by atoms with Crippen molar-refractivity contribution in [2.24, 2.45) is 5.92 Å². The van der Waals surface area contributed by atoms with E-state index in [0.29, 0.717) is 53.7 Å². The van der Waals surface area contributed by atoms with Crippen molar-refractivity contribution in [2.75, 3.05) is 37.0 Å². The van der Waals surface area contributed by atoms with E-state index in [1.807, 2.05) is 23.1 Å². The maximum Gasteiger partial charge on any atom is 0.306 e. The fourth-order valence-electron chi connectivity index (χ4n) is 5.25. The summed E-state index contributed by atoms with van der Waals surface area (Å²) in [6, 6.07) is 6.07. The summed E-state index contributed by atoms with van der Waals surface area (Å²) in [4.78, 5) is 43.4. The number of hydrogen-bond acceptors (Lipinski definition) is 9. The van der Waals surface area contributed by atoms with Crippen LogP contribution in [0, 0.1) is 5.92 Å². The maximum absolute atomic E-state index is 13.1. The molecule has 0 saturated carbocycles. The molecule has 4 heterocycles. The number of carboxylic acids is 1. The number of amides is 1. The zero-order chi connectivity index (χ0) is 28.2. The van der Waals surface area contributed by atoms with Crippen LogP contribution in [0.15, 0.2) is 30.6 Å². The first-order chi connectivity index (χ1) is 19.3. The number of piperidine rings is 2. The van der Waals surface area contributed by atoms with E-state index in [0.717, 1.165) is 29.2 Å². The number of thiazole rings is 1. The van der Waals surface area contributed by atoms with Gasteiger partial charge in [-0.3, -0.25) is 19.8 Å². The van der Waals surface area contributed by atoms with Crippen LogP contribution in [0.1, 0.15) is 54.4 Å². The van der Waals surface area contributed by atoms with Crippen molar-refractivity contribution in [3.63, 3.8) is 0 Å². The molecule has 2 aliphatic rings. The third kappa shape index (κ3) is 6.37. The summed E-state index contributed by atoms with van der Waals surface area (Å²) < 4.78 is 5.32. The highest BCUT2D eigenvalue weighted by atomic mass is 35.5. The lowest BCUT2D eigenvalue weighted by molar-refractivity contribution is -0.142. The van der Waals surface area contributed by atoms with Gasteiger partial charge in [0.15, 0.2) is 5.13 Å². The Kier molecular flexibility index (Phi) is 8.82. The van der Waals surface area contributed by atoms with Gasteiger partial charge in [-0.2, -0.15) is 0 Å². The lowest BCUT2D eigenvalue weighted by atomic mass is 9.97. The second kappa shape index (κ2) is 12.5. The number of rotatable bonds is 8. The third-order valence-corrected chi connectivity index (χ3v) is 8.92. The number of carbonyl (C=O) groups is 2. The molecule has 0 spiro atoms. The Morgan fingerprint density at radius 1 is 1.15 bits per heavy atom. The molecule has 2 fully saturated rings. The smallest absolute Gasteiger partial charge is 0.306 e. The van der Waals surface area contributed by atoms with Crippen molar-refractivity contribution in [2.45, 2.75) is 51.6 Å². The maximum atomic E-state index is 13.1. The van der Waals surface area contributed by atoms with Crippen LogP contribution in [0.2, 0.25) is 5.02 Å². The highest BCUT2D eigenvalue weighted by Gasteiger charge is 2.26. The molecule has 1 amide bonds. The SMILES string of the molecule is COc1ccc(-c2nc(NC(=O)c3cnc(N4CCC(C(=O)O)CC4)cn3)sc2CN2CCCCC2C)cc1Cl. The van der Waals surface area contributed by atoms with Crippen LogP contribution in [0.3, 0.4) is 0 Å². The van der Waals surface area contributed by atoms with Crippen molar-refractivity contribution in [1.82, 2.24) is 19.9 Å². The number of benzene rings is 1. The molecule has 1 aromatic carbocycles. The summed E-state index contributed by atoms with van der Waals surface area (Å²) in [7, 11) is 1.58. The number of aromatic nitrogens is 3. The molecule has 12 heteroatoms. The van der Waals surface area contributed by atoms with Gasteiger partial charge < -0.3 is 14.7 Å². The van der Waals surface area contributed by atoms with E-state index in [-0.39, 0.29) is 11.6 Å². The Hall–Kier alpha value is -3.28. The van der Waals surface area contributed by atoms with Gasteiger partial charge in [-0.05, 0) is 57.4 Å². The summed E-state index contributed by atoms with van der Waals surface area (Å²) in [6.07, 6.45) is 7.70. The summed E-state index contributed by atoms with van der Waals surface area (Å²) in [5, 5.41) is 13.1. The minimum absolute atomic E-state index is 0.180. The van der Waals surface area contributed by atoms with E-state index in [1.165, 1.54) is 36.8 Å². The molecule has 212 valence electrons. The first-order valence-electron chi connectivity index (χ1n) is 13.5. The van der Waals surface area contributed by atoms with Crippen LogP contribution in [0.25, 0.3) is 11.3 Å². The summed E-state index contributed by atoms with van der Waals surface area (Å²) in [5.74, 6) is -0.254. The number of ether oxygens (including phenoxy) is 1. The topological polar surface area (TPSA) is 121 Å². The average molecular weight is 585 g/mol. The van der Waals surface area contributed by atoms with Crippen molar-refractivity contribution in [3.05, 3.63) is 46.2 Å². The monoisotopic (exact) mass is 584 g/mol. The van der Waals surface area contributed by atoms with Crippen LogP contribution in [0.5, 0.6) is 5.75 Å². The Morgan fingerprint density at radius 3 is 2.60 bits per heavy atom. The summed E-state index contributed by atoms with van der Waals surface area (Å²) in [5.41, 5.74) is 1.83. The number of halogens is 1. The number of carbonyl (C=O) groups excluding carboxylic acids is 1. The molecule has 2 aromatic heterocycles. The Balaban J connectivity index is 1.33. The van der Waals surface area contributed by atoms with Gasteiger partial charge in [0, 0.05) is 36.1 Å². The Morgan fingerprint density at radius 2 is 1.95 bits per heavy atom. The Bertz CT molecular complexity index is 1360. The van der Waals surface area contributed by atoms with E-state index < -0.39 is 11.9 Å². The molecule has 0 bridgehead atoms. The highest BCUT2D eigenvalue weighted by Crippen LogP contribution is 2.37. The van der Waals surface area contributed by atoms with Crippen molar-refractivity contribution in [1.29, 1.82) is 0 Å². The highest BCUT2D eigenvalue weighted by molar-refractivity contribution is 7.16. The van der Waals surface area contributed by atoms with Crippen LogP contribution in [-0.4, -0.2) is 69.6 Å². The molecule has 0 aliphatic carbocycles. The van der Waals surface area contributed by atoms with E-state index in [1.54, 1.807) is 13.3 Å². The first-order valence-corrected chi connectivity index (χ1v) is 14.7. The number of anilines is 2. The number of nitrogens with one attached hydrogen (secondary N) is 1. The predicted octanol–water partition coefficient (Wildman–Crippen LogP) is 5.19. The molecule has 1 atom stereocenters. The molecule has 5 rings (SSSR count). The molecular weight excluding hydrogens is 552 g/mol. The van der Waals surface area contributed by atoms with Gasteiger partial charge in [-0.1, -0.05) is 29.4 Å². The third-order valence-electron chi connectivity index (χ3n) is 7.67. The van der Waals surface area contributed by atoms with Gasteiger partial charge in [0.25, 0.3) is 5.91 Å². The molecule has 0 radical (unpaired) electrons. The fraction of sp³-hybridized carbons (Fsp3) is 0.464. The van der Waals surface area contributed by atoms with Gasteiger partial charge in [0.2, 0.25) is 0 Å². The average Bonchev–Trinajstić information content (AvgIpc) is 3.36. The lowest BCUT2D eigenvalue weighted by Gasteiger charge is -2.33. The molecule has 10 nitrogen and oxygen atoms in total. The summed E-state index contributed by atoms with van der Waals surface area (Å²) in [6.45, 7) is 5.20. The van der Waals surface area contributed by atoms with Crippen molar-refractivity contribution < 1.29 is 19.4 Å². The van der Waals surface area contributed by atoms with Crippen LogP contribution < -0.4 is 15.0 Å². The van der Waals surface area contributed by atoms with Crippen LogP contribution >= 0.6 is 22.9 Å². The minimum Gasteiger partial charge on any atom is -0.495 e. The zero-order valence-electron chi connectivity index (χ0n) is 22.6. The predicted molar refractivity (Wildman–Crippen MR) is 155 cm³/mol. The second-order valence-corrected chi connectivity index (χ2v) is 11.8. The molecule has 2 aliphatic heterocycles. The van der Waals surface area contributed by atoms with Crippen LogP contribution in [0.4, 0.5) is 10.9 Å². The lowest BCUT2D eigenvalue weighted by Crippen LogP contribution is -2.36. The number of nitrogens with zero attached hydrogens (tertiary/aromatic N) is 5. The van der Waals surface area contributed by atoms with Gasteiger partial charge >= 0.3 is 5.97 Å². The second-order valence-electron chi connectivity index (χ2n) is 10.3. The largest absolute Gasteiger partial charge is 0.495 e. The molecule has 40 heavy (non-hydrogen) atoms. The van der Waals surface area contributed by atoms with E-state index in [4.69, 9.17) is 21.3 Å². The van der Waals surface area contributed by atoms with E-state index in [9.17, 15) is 14.7 Å². The molecular formula is C28H33ClN6O4S.